The van der Waals surface area contributed by atoms with Gasteiger partial charge in [0.25, 0.3) is 0 Å². The Morgan fingerprint density at radius 3 is 2.12 bits per heavy atom. The maximum absolute atomic E-state index is 10.6. The molecule has 16 heavy (non-hydrogen) atoms. The predicted octanol–water partition coefficient (Wildman–Crippen LogP) is 2.63. The summed E-state index contributed by atoms with van der Waals surface area (Å²) in [6, 6.07) is 0. The summed E-state index contributed by atoms with van der Waals surface area (Å²) < 4.78 is 4.64. The minimum Gasteiger partial charge on any atom is -0.450 e. The van der Waals surface area contributed by atoms with Gasteiger partial charge in [0.05, 0.1) is 0 Å². The lowest BCUT2D eigenvalue weighted by molar-refractivity contribution is -0.167. The van der Waals surface area contributed by atoms with Gasteiger partial charge in [0.2, 0.25) is 6.10 Å². The van der Waals surface area contributed by atoms with Crippen molar-refractivity contribution >= 4 is 11.9 Å². The lowest BCUT2D eigenvalue weighted by Gasteiger charge is -2.10. The molecule has 0 spiro atoms. The van der Waals surface area contributed by atoms with Crippen LogP contribution < -0.4 is 0 Å². The summed E-state index contributed by atoms with van der Waals surface area (Å²) in [4.78, 5) is 21.2. The van der Waals surface area contributed by atoms with E-state index in [0.717, 1.165) is 19.3 Å². The number of hydrogen-bond acceptors (Lipinski definition) is 3. The molecule has 1 radical (unpaired) electrons. The molecule has 0 aliphatic rings. The highest BCUT2D eigenvalue weighted by Crippen LogP contribution is 2.11. The molecule has 1 unspecified atom stereocenters. The maximum atomic E-state index is 10.6. The molecule has 0 fully saturated rings. The minimum atomic E-state index is -1.30. The van der Waals surface area contributed by atoms with Gasteiger partial charge >= 0.3 is 11.9 Å². The SMILES string of the molecule is CCCCCCCCC(OC(C)=O)C([O])=O. The number of rotatable bonds is 9. The van der Waals surface area contributed by atoms with Crippen LogP contribution in [0.25, 0.3) is 0 Å². The molecule has 0 heterocycles. The molecule has 0 bridgehead atoms. The zero-order chi connectivity index (χ0) is 12.4. The summed E-state index contributed by atoms with van der Waals surface area (Å²) >= 11 is 0. The van der Waals surface area contributed by atoms with E-state index in [1.165, 1.54) is 26.2 Å². The Hall–Kier alpha value is -1.06. The fraction of sp³-hybridized carbons (Fsp3) is 0.833. The molecule has 93 valence electrons. The Morgan fingerprint density at radius 1 is 1.06 bits per heavy atom. The molecule has 0 aliphatic heterocycles. The Labute approximate surface area is 97.0 Å². The molecular weight excluding hydrogens is 208 g/mol. The van der Waals surface area contributed by atoms with Crippen molar-refractivity contribution in [2.24, 2.45) is 0 Å². The van der Waals surface area contributed by atoms with E-state index in [0.29, 0.717) is 6.42 Å². The van der Waals surface area contributed by atoms with Crippen molar-refractivity contribution < 1.29 is 19.4 Å². The molecule has 0 aromatic rings. The number of unbranched alkanes of at least 4 members (excludes halogenated alkanes) is 5. The first-order valence-electron chi connectivity index (χ1n) is 5.96. The molecule has 4 nitrogen and oxygen atoms in total. The van der Waals surface area contributed by atoms with Gasteiger partial charge in [0.15, 0.2) is 0 Å². The summed E-state index contributed by atoms with van der Waals surface area (Å²) in [5.41, 5.74) is 0. The average molecular weight is 229 g/mol. The summed E-state index contributed by atoms with van der Waals surface area (Å²) in [5, 5.41) is 10.6. The Balaban J connectivity index is 3.60. The van der Waals surface area contributed by atoms with E-state index in [4.69, 9.17) is 0 Å². The van der Waals surface area contributed by atoms with Crippen LogP contribution in [-0.2, 0) is 19.4 Å². The number of hydrogen-bond donors (Lipinski definition) is 0. The summed E-state index contributed by atoms with van der Waals surface area (Å²) in [7, 11) is 0. The fourth-order valence-corrected chi connectivity index (χ4v) is 1.54. The van der Waals surface area contributed by atoms with E-state index in [1.807, 2.05) is 0 Å². The third-order valence-corrected chi connectivity index (χ3v) is 2.39. The molecule has 4 heteroatoms. The van der Waals surface area contributed by atoms with E-state index < -0.39 is 18.0 Å². The minimum absolute atomic E-state index is 0.355. The Kier molecular flexibility index (Phi) is 8.58. The van der Waals surface area contributed by atoms with Crippen molar-refractivity contribution in [3.05, 3.63) is 0 Å². The van der Waals surface area contributed by atoms with Crippen LogP contribution in [0.15, 0.2) is 0 Å². The standard InChI is InChI=1S/C12H21O4/c1-3-4-5-6-7-8-9-11(12(14)15)16-10(2)13/h11H,3-9H2,1-2H3. The van der Waals surface area contributed by atoms with Gasteiger partial charge < -0.3 is 4.74 Å². The third kappa shape index (κ3) is 8.26. The molecular formula is C12H21O4. The van der Waals surface area contributed by atoms with E-state index >= 15 is 0 Å². The van der Waals surface area contributed by atoms with Crippen LogP contribution >= 0.6 is 0 Å². The highest BCUT2D eigenvalue weighted by Gasteiger charge is 2.21. The van der Waals surface area contributed by atoms with Gasteiger partial charge in [-0.3, -0.25) is 4.79 Å². The fourth-order valence-electron chi connectivity index (χ4n) is 1.54. The zero-order valence-corrected chi connectivity index (χ0v) is 10.2. The Bertz CT molecular complexity index is 213. The van der Waals surface area contributed by atoms with Crippen LogP contribution in [0.3, 0.4) is 0 Å². The van der Waals surface area contributed by atoms with Gasteiger partial charge in [-0.1, -0.05) is 39.0 Å². The summed E-state index contributed by atoms with van der Waals surface area (Å²) in [6.07, 6.45) is 5.70. The van der Waals surface area contributed by atoms with Crippen molar-refractivity contribution in [1.82, 2.24) is 0 Å². The second-order valence-corrected chi connectivity index (χ2v) is 3.97. The summed E-state index contributed by atoms with van der Waals surface area (Å²) in [5.74, 6) is -1.87. The van der Waals surface area contributed by atoms with Crippen LogP contribution in [-0.4, -0.2) is 18.0 Å². The normalized spacial score (nSPS) is 12.1. The van der Waals surface area contributed by atoms with Crippen molar-refractivity contribution in [1.29, 1.82) is 0 Å². The maximum Gasteiger partial charge on any atom is 0.395 e. The van der Waals surface area contributed by atoms with Crippen LogP contribution in [0.1, 0.15) is 58.8 Å². The highest BCUT2D eigenvalue weighted by atomic mass is 16.6. The number of esters is 1. The van der Waals surface area contributed by atoms with E-state index in [1.54, 1.807) is 0 Å². The van der Waals surface area contributed by atoms with Gasteiger partial charge in [0.1, 0.15) is 0 Å². The molecule has 0 saturated heterocycles. The second kappa shape index (κ2) is 9.19. The second-order valence-electron chi connectivity index (χ2n) is 3.97. The van der Waals surface area contributed by atoms with Crippen LogP contribution in [0.5, 0.6) is 0 Å². The third-order valence-electron chi connectivity index (χ3n) is 2.39. The van der Waals surface area contributed by atoms with E-state index in [2.05, 4.69) is 11.7 Å². The van der Waals surface area contributed by atoms with Gasteiger partial charge in [-0.05, 0) is 12.8 Å². The first kappa shape index (κ1) is 14.9. The van der Waals surface area contributed by atoms with Crippen LogP contribution in [0, 0.1) is 0 Å². The molecule has 0 rings (SSSR count). The quantitative estimate of drug-likeness (QED) is 0.451. The molecule has 0 amide bonds. The topological polar surface area (TPSA) is 63.3 Å². The van der Waals surface area contributed by atoms with Gasteiger partial charge in [-0.2, -0.15) is 0 Å². The van der Waals surface area contributed by atoms with E-state index in [9.17, 15) is 14.7 Å². The number of carbonyl (C=O) groups excluding carboxylic acids is 2. The zero-order valence-electron chi connectivity index (χ0n) is 10.2. The molecule has 0 aliphatic carbocycles. The lowest BCUT2D eigenvalue weighted by Crippen LogP contribution is -2.25. The predicted molar refractivity (Wildman–Crippen MR) is 59.2 cm³/mol. The summed E-state index contributed by atoms with van der Waals surface area (Å²) in [6.45, 7) is 3.35. The van der Waals surface area contributed by atoms with E-state index in [-0.39, 0.29) is 0 Å². The first-order valence-corrected chi connectivity index (χ1v) is 5.96. The van der Waals surface area contributed by atoms with Gasteiger partial charge in [0, 0.05) is 6.92 Å². The Morgan fingerprint density at radius 2 is 1.62 bits per heavy atom. The van der Waals surface area contributed by atoms with Crippen molar-refractivity contribution in [2.75, 3.05) is 0 Å². The largest absolute Gasteiger partial charge is 0.450 e. The molecule has 0 aromatic heterocycles. The van der Waals surface area contributed by atoms with Crippen LogP contribution in [0.4, 0.5) is 0 Å². The van der Waals surface area contributed by atoms with Gasteiger partial charge in [-0.25, -0.2) is 9.90 Å². The number of carbonyl (C=O) groups is 2. The van der Waals surface area contributed by atoms with Crippen molar-refractivity contribution in [2.45, 2.75) is 64.9 Å². The van der Waals surface area contributed by atoms with Crippen molar-refractivity contribution in [3.63, 3.8) is 0 Å². The first-order chi connectivity index (χ1) is 7.57. The lowest BCUT2D eigenvalue weighted by atomic mass is 10.1. The average Bonchev–Trinajstić information content (AvgIpc) is 2.20. The molecule has 1 atom stereocenters. The molecule has 0 saturated carbocycles. The monoisotopic (exact) mass is 229 g/mol. The highest BCUT2D eigenvalue weighted by molar-refractivity contribution is 5.76. The van der Waals surface area contributed by atoms with Crippen molar-refractivity contribution in [3.8, 4) is 0 Å². The number of ether oxygens (including phenoxy) is 1. The molecule has 0 aromatic carbocycles. The smallest absolute Gasteiger partial charge is 0.395 e. The van der Waals surface area contributed by atoms with Crippen LogP contribution in [0.2, 0.25) is 0 Å². The molecule has 0 N–H and O–H groups in total. The van der Waals surface area contributed by atoms with Gasteiger partial charge in [-0.15, -0.1) is 0 Å².